The van der Waals surface area contributed by atoms with Crippen LogP contribution in [0.15, 0.2) is 34.9 Å². The topological polar surface area (TPSA) is 76.5 Å². The van der Waals surface area contributed by atoms with Gasteiger partial charge in [-0.2, -0.15) is 13.2 Å². The van der Waals surface area contributed by atoms with E-state index in [0.29, 0.717) is 12.1 Å². The average Bonchev–Trinajstić information content (AvgIpc) is 2.80. The molecule has 2 rings (SSSR count). The molecule has 0 radical (unpaired) electrons. The van der Waals surface area contributed by atoms with Gasteiger partial charge in [-0.1, -0.05) is 0 Å². The van der Waals surface area contributed by atoms with Crippen molar-refractivity contribution < 1.29 is 27.6 Å². The van der Waals surface area contributed by atoms with Crippen molar-refractivity contribution in [2.75, 3.05) is 0 Å². The molecule has 0 aliphatic carbocycles. The number of halogens is 3. The monoisotopic (exact) mass is 273 g/mol. The summed E-state index contributed by atoms with van der Waals surface area (Å²) in [5.74, 6) is -0.674. The fraction of sp³-hybridized carbons (Fsp3) is 0.0909. The van der Waals surface area contributed by atoms with Crippen LogP contribution >= 0.6 is 0 Å². The van der Waals surface area contributed by atoms with Crippen molar-refractivity contribution in [3.63, 3.8) is 0 Å². The summed E-state index contributed by atoms with van der Waals surface area (Å²) in [6.45, 7) is 0. The predicted molar refractivity (Wildman–Crippen MR) is 57.5 cm³/mol. The Bertz CT molecular complexity index is 620. The zero-order valence-electron chi connectivity index (χ0n) is 9.14. The first-order valence-electron chi connectivity index (χ1n) is 4.93. The van der Waals surface area contributed by atoms with Crippen molar-refractivity contribution in [3.05, 3.63) is 46.2 Å². The summed E-state index contributed by atoms with van der Waals surface area (Å²) in [4.78, 5) is 9.39. The van der Waals surface area contributed by atoms with E-state index in [-0.39, 0.29) is 11.3 Å². The molecule has 0 fully saturated rings. The summed E-state index contributed by atoms with van der Waals surface area (Å²) < 4.78 is 43.1. The Morgan fingerprint density at radius 2 is 2.00 bits per heavy atom. The minimum absolute atomic E-state index is 0.0158. The third-order valence-corrected chi connectivity index (χ3v) is 2.40. The Kier molecular flexibility index (Phi) is 2.93. The van der Waals surface area contributed by atoms with E-state index in [2.05, 4.69) is 0 Å². The Morgan fingerprint density at radius 1 is 1.32 bits per heavy atom. The number of hydrogen-bond donors (Lipinski definition) is 1. The third-order valence-electron chi connectivity index (χ3n) is 2.40. The summed E-state index contributed by atoms with van der Waals surface area (Å²) in [7, 11) is 0. The Labute approximate surface area is 104 Å². The number of hydrogen-bond acceptors (Lipinski definition) is 4. The van der Waals surface area contributed by atoms with Gasteiger partial charge in [0.2, 0.25) is 0 Å². The van der Waals surface area contributed by atoms with Crippen LogP contribution < -0.4 is 0 Å². The number of furan rings is 1. The molecule has 5 nitrogen and oxygen atoms in total. The van der Waals surface area contributed by atoms with E-state index in [4.69, 9.17) is 4.42 Å². The normalized spacial score (nSPS) is 11.5. The Balaban J connectivity index is 2.70. The molecule has 0 saturated carbocycles. The van der Waals surface area contributed by atoms with Crippen molar-refractivity contribution in [1.82, 2.24) is 0 Å². The highest BCUT2D eigenvalue weighted by atomic mass is 19.4. The van der Waals surface area contributed by atoms with Gasteiger partial charge in [0.1, 0.15) is 17.1 Å². The molecule has 19 heavy (non-hydrogen) atoms. The van der Waals surface area contributed by atoms with Crippen LogP contribution in [0.2, 0.25) is 0 Å². The summed E-state index contributed by atoms with van der Waals surface area (Å²) in [6.07, 6.45) is -3.69. The van der Waals surface area contributed by atoms with E-state index in [1.54, 1.807) is 0 Å². The number of nitro groups is 1. The van der Waals surface area contributed by atoms with Crippen molar-refractivity contribution in [3.8, 4) is 17.1 Å². The number of rotatable bonds is 2. The van der Waals surface area contributed by atoms with E-state index >= 15 is 0 Å². The fourth-order valence-corrected chi connectivity index (χ4v) is 1.58. The van der Waals surface area contributed by atoms with Crippen molar-refractivity contribution in [2.24, 2.45) is 0 Å². The van der Waals surface area contributed by atoms with Gasteiger partial charge in [0.05, 0.1) is 22.8 Å². The molecule has 0 bridgehead atoms. The van der Waals surface area contributed by atoms with Crippen LogP contribution in [0.1, 0.15) is 5.56 Å². The molecule has 0 atom stereocenters. The molecule has 8 heteroatoms. The molecular weight excluding hydrogens is 267 g/mol. The summed E-state index contributed by atoms with van der Waals surface area (Å²) >= 11 is 0. The second-order valence-electron chi connectivity index (χ2n) is 3.62. The molecular formula is C11H6F3NO4. The minimum atomic E-state index is -4.91. The number of aromatic hydroxyl groups is 1. The lowest BCUT2D eigenvalue weighted by Gasteiger charge is -2.10. The molecule has 1 aromatic heterocycles. The zero-order valence-corrected chi connectivity index (χ0v) is 9.14. The number of alkyl halides is 3. The summed E-state index contributed by atoms with van der Waals surface area (Å²) in [5, 5.41) is 20.2. The van der Waals surface area contributed by atoms with Gasteiger partial charge in [-0.25, -0.2) is 0 Å². The van der Waals surface area contributed by atoms with Gasteiger partial charge in [0, 0.05) is 0 Å². The molecule has 0 aliphatic rings. The van der Waals surface area contributed by atoms with Crippen LogP contribution in [0.3, 0.4) is 0 Å². The summed E-state index contributed by atoms with van der Waals surface area (Å²) in [5.41, 5.74) is -2.91. The number of benzene rings is 1. The van der Waals surface area contributed by atoms with Gasteiger partial charge in [0.25, 0.3) is 5.69 Å². The van der Waals surface area contributed by atoms with Crippen LogP contribution in [-0.2, 0) is 6.18 Å². The van der Waals surface area contributed by atoms with Crippen LogP contribution in [0.4, 0.5) is 18.9 Å². The van der Waals surface area contributed by atoms with Gasteiger partial charge < -0.3 is 9.52 Å². The first-order chi connectivity index (χ1) is 8.80. The quantitative estimate of drug-likeness (QED) is 0.670. The Morgan fingerprint density at radius 3 is 2.47 bits per heavy atom. The molecule has 2 aromatic rings. The maximum absolute atomic E-state index is 12.7. The third kappa shape index (κ3) is 2.37. The Hall–Kier alpha value is -2.51. The number of nitrogens with zero attached hydrogens (tertiary/aromatic N) is 1. The van der Waals surface area contributed by atoms with E-state index < -0.39 is 28.1 Å². The number of phenolic OH excluding ortho intramolecular Hbond substituents is 1. The molecule has 0 aliphatic heterocycles. The summed E-state index contributed by atoms with van der Waals surface area (Å²) in [6, 6.07) is 3.71. The van der Waals surface area contributed by atoms with Crippen molar-refractivity contribution >= 4 is 5.69 Å². The standard InChI is InChI=1S/C11H6F3NO4/c12-11(13,14)7-4-6(10-2-1-3-19-10)9(16)5-8(7)15(17)18/h1-5,16H. The zero-order chi connectivity index (χ0) is 14.2. The predicted octanol–water partition coefficient (Wildman–Crippen LogP) is 3.58. The van der Waals surface area contributed by atoms with Crippen LogP contribution in [-0.4, -0.2) is 10.0 Å². The van der Waals surface area contributed by atoms with Gasteiger partial charge >= 0.3 is 6.18 Å². The number of nitro benzene ring substituents is 1. The molecule has 0 saturated heterocycles. The second kappa shape index (κ2) is 4.30. The maximum atomic E-state index is 12.7. The molecule has 1 N–H and O–H groups in total. The first kappa shape index (κ1) is 12.9. The minimum Gasteiger partial charge on any atom is -0.507 e. The van der Waals surface area contributed by atoms with Crippen molar-refractivity contribution in [1.29, 1.82) is 0 Å². The van der Waals surface area contributed by atoms with E-state index in [1.165, 1.54) is 18.4 Å². The highest BCUT2D eigenvalue weighted by Gasteiger charge is 2.39. The molecule has 1 heterocycles. The lowest BCUT2D eigenvalue weighted by Crippen LogP contribution is -2.09. The first-order valence-corrected chi connectivity index (χ1v) is 4.93. The highest BCUT2D eigenvalue weighted by Crippen LogP contribution is 2.42. The van der Waals surface area contributed by atoms with Gasteiger partial charge in [0.15, 0.2) is 0 Å². The van der Waals surface area contributed by atoms with E-state index in [0.717, 1.165) is 0 Å². The van der Waals surface area contributed by atoms with E-state index in [9.17, 15) is 28.4 Å². The van der Waals surface area contributed by atoms with Crippen LogP contribution in [0, 0.1) is 10.1 Å². The largest absolute Gasteiger partial charge is 0.507 e. The lowest BCUT2D eigenvalue weighted by atomic mass is 10.0. The SMILES string of the molecule is O=[N+]([O-])c1cc(O)c(-c2ccco2)cc1C(F)(F)F. The van der Waals surface area contributed by atoms with Gasteiger partial charge in [-0.05, 0) is 18.2 Å². The molecule has 0 unspecified atom stereocenters. The van der Waals surface area contributed by atoms with Crippen LogP contribution in [0.5, 0.6) is 5.75 Å². The lowest BCUT2D eigenvalue weighted by molar-refractivity contribution is -0.388. The number of phenols is 1. The van der Waals surface area contributed by atoms with Gasteiger partial charge in [-0.15, -0.1) is 0 Å². The highest BCUT2D eigenvalue weighted by molar-refractivity contribution is 5.70. The van der Waals surface area contributed by atoms with E-state index in [1.807, 2.05) is 0 Å². The van der Waals surface area contributed by atoms with Gasteiger partial charge in [-0.3, -0.25) is 10.1 Å². The molecule has 0 spiro atoms. The maximum Gasteiger partial charge on any atom is 0.423 e. The van der Waals surface area contributed by atoms with Crippen LogP contribution in [0.25, 0.3) is 11.3 Å². The molecule has 0 amide bonds. The molecule has 100 valence electrons. The molecule has 1 aromatic carbocycles. The second-order valence-corrected chi connectivity index (χ2v) is 3.62. The van der Waals surface area contributed by atoms with Crippen molar-refractivity contribution in [2.45, 2.75) is 6.18 Å². The average molecular weight is 273 g/mol. The smallest absolute Gasteiger partial charge is 0.423 e. The fourth-order valence-electron chi connectivity index (χ4n) is 1.58.